The maximum absolute atomic E-state index is 12.6. The van der Waals surface area contributed by atoms with Gasteiger partial charge in [0.1, 0.15) is 5.75 Å². The summed E-state index contributed by atoms with van der Waals surface area (Å²) in [7, 11) is 3.15. The van der Waals surface area contributed by atoms with Crippen LogP contribution >= 0.6 is 0 Å². The van der Waals surface area contributed by atoms with E-state index in [2.05, 4.69) is 15.6 Å². The van der Waals surface area contributed by atoms with Gasteiger partial charge in [-0.1, -0.05) is 36.4 Å². The van der Waals surface area contributed by atoms with Gasteiger partial charge in [0.25, 0.3) is 11.5 Å². The Kier molecular flexibility index (Phi) is 4.78. The number of aryl methyl sites for hydroxylation is 1. The van der Waals surface area contributed by atoms with Crippen LogP contribution in [-0.4, -0.2) is 29.0 Å². The molecule has 0 aliphatic rings. The van der Waals surface area contributed by atoms with Crippen LogP contribution < -0.4 is 15.7 Å². The summed E-state index contributed by atoms with van der Waals surface area (Å²) in [4.78, 5) is 24.8. The van der Waals surface area contributed by atoms with Gasteiger partial charge in [-0.25, -0.2) is 10.1 Å². The summed E-state index contributed by atoms with van der Waals surface area (Å²) in [6.07, 6.45) is 1.56. The van der Waals surface area contributed by atoms with Crippen molar-refractivity contribution in [3.05, 3.63) is 82.3 Å². The summed E-state index contributed by atoms with van der Waals surface area (Å²) in [5.74, 6) is 0.307. The molecule has 0 unspecified atom stereocenters. The number of carbonyl (C=O) groups excluding carboxylic acids is 1. The molecule has 3 aromatic carbocycles. The molecule has 1 heterocycles. The van der Waals surface area contributed by atoms with E-state index >= 15 is 0 Å². The van der Waals surface area contributed by atoms with Crippen molar-refractivity contribution in [3.63, 3.8) is 0 Å². The fourth-order valence-electron chi connectivity index (χ4n) is 3.14. The molecular formula is C22H18N4O3. The van der Waals surface area contributed by atoms with Crippen LogP contribution in [0.4, 0.5) is 0 Å². The summed E-state index contributed by atoms with van der Waals surface area (Å²) < 4.78 is 6.38. The van der Waals surface area contributed by atoms with Gasteiger partial charge in [-0.15, -0.1) is 0 Å². The van der Waals surface area contributed by atoms with E-state index in [4.69, 9.17) is 4.74 Å². The third-order valence-corrected chi connectivity index (χ3v) is 4.62. The molecule has 0 aliphatic carbocycles. The molecule has 1 N–H and O–H groups in total. The molecule has 29 heavy (non-hydrogen) atoms. The number of aromatic nitrogens is 2. The van der Waals surface area contributed by atoms with Crippen LogP contribution in [-0.2, 0) is 7.05 Å². The zero-order chi connectivity index (χ0) is 20.4. The normalized spacial score (nSPS) is 11.2. The Morgan fingerprint density at radius 2 is 1.79 bits per heavy atom. The lowest BCUT2D eigenvalue weighted by Crippen LogP contribution is -2.27. The van der Waals surface area contributed by atoms with Crippen molar-refractivity contribution in [1.82, 2.24) is 15.2 Å². The second kappa shape index (κ2) is 7.55. The predicted octanol–water partition coefficient (Wildman–Crippen LogP) is 2.86. The zero-order valence-corrected chi connectivity index (χ0v) is 15.9. The standard InChI is InChI=1S/C22H18N4O3/c1-26-22(28)19-6-4-3-5-18(19)20(25-26)21(27)24-23-13-14-7-8-16-12-17(29-2)10-9-15(16)11-14/h3-13H,1-2H3,(H,24,27)/b23-13-. The molecule has 0 saturated heterocycles. The number of nitrogens with one attached hydrogen (secondary N) is 1. The number of rotatable bonds is 4. The van der Waals surface area contributed by atoms with E-state index in [-0.39, 0.29) is 11.3 Å². The van der Waals surface area contributed by atoms with E-state index in [0.717, 1.165) is 26.8 Å². The van der Waals surface area contributed by atoms with Crippen molar-refractivity contribution in [2.24, 2.45) is 12.1 Å². The Morgan fingerprint density at radius 3 is 2.59 bits per heavy atom. The first-order valence-corrected chi connectivity index (χ1v) is 8.94. The molecule has 1 aromatic heterocycles. The molecule has 7 nitrogen and oxygen atoms in total. The average molecular weight is 386 g/mol. The molecule has 0 atom stereocenters. The smallest absolute Gasteiger partial charge is 0.292 e. The lowest BCUT2D eigenvalue weighted by Gasteiger charge is -2.06. The number of carbonyl (C=O) groups is 1. The van der Waals surface area contributed by atoms with Gasteiger partial charge in [-0.05, 0) is 40.6 Å². The first kappa shape index (κ1) is 18.4. The first-order chi connectivity index (χ1) is 14.1. The molecule has 0 spiro atoms. The fourth-order valence-corrected chi connectivity index (χ4v) is 3.14. The zero-order valence-electron chi connectivity index (χ0n) is 15.9. The van der Waals surface area contributed by atoms with Gasteiger partial charge in [-0.3, -0.25) is 9.59 Å². The third kappa shape index (κ3) is 3.58. The van der Waals surface area contributed by atoms with Crippen molar-refractivity contribution < 1.29 is 9.53 Å². The summed E-state index contributed by atoms with van der Waals surface area (Å²) in [6.45, 7) is 0. The maximum Gasteiger partial charge on any atom is 0.292 e. The second-order valence-electron chi connectivity index (χ2n) is 6.49. The first-order valence-electron chi connectivity index (χ1n) is 8.94. The van der Waals surface area contributed by atoms with Gasteiger partial charge in [-0.2, -0.15) is 10.2 Å². The van der Waals surface area contributed by atoms with E-state index in [1.165, 1.54) is 7.05 Å². The lowest BCUT2D eigenvalue weighted by atomic mass is 10.1. The molecule has 4 rings (SSSR count). The van der Waals surface area contributed by atoms with E-state index in [1.54, 1.807) is 37.6 Å². The van der Waals surface area contributed by atoms with Crippen LogP contribution in [0.25, 0.3) is 21.5 Å². The highest BCUT2D eigenvalue weighted by Crippen LogP contribution is 2.21. The number of fused-ring (bicyclic) bond motifs is 2. The van der Waals surface area contributed by atoms with Crippen molar-refractivity contribution in [2.45, 2.75) is 0 Å². The highest BCUT2D eigenvalue weighted by Gasteiger charge is 2.14. The van der Waals surface area contributed by atoms with Crippen LogP contribution in [0.2, 0.25) is 0 Å². The fraction of sp³-hybridized carbons (Fsp3) is 0.0909. The molecular weight excluding hydrogens is 368 g/mol. The van der Waals surface area contributed by atoms with Gasteiger partial charge in [0.2, 0.25) is 0 Å². The van der Waals surface area contributed by atoms with Crippen molar-refractivity contribution in [3.8, 4) is 5.75 Å². The van der Waals surface area contributed by atoms with Gasteiger partial charge in [0.15, 0.2) is 5.69 Å². The summed E-state index contributed by atoms with van der Waals surface area (Å²) in [5.41, 5.74) is 3.21. The average Bonchev–Trinajstić information content (AvgIpc) is 2.75. The molecule has 0 aliphatic heterocycles. The maximum atomic E-state index is 12.6. The van der Waals surface area contributed by atoms with Crippen LogP contribution in [0.5, 0.6) is 5.75 Å². The van der Waals surface area contributed by atoms with E-state index in [0.29, 0.717) is 10.8 Å². The van der Waals surface area contributed by atoms with Crippen LogP contribution in [0.3, 0.4) is 0 Å². The van der Waals surface area contributed by atoms with E-state index in [1.807, 2.05) is 36.4 Å². The number of hydrazone groups is 1. The van der Waals surface area contributed by atoms with Gasteiger partial charge in [0.05, 0.1) is 18.7 Å². The second-order valence-corrected chi connectivity index (χ2v) is 6.49. The van der Waals surface area contributed by atoms with E-state index < -0.39 is 5.91 Å². The van der Waals surface area contributed by atoms with Crippen LogP contribution in [0.1, 0.15) is 16.1 Å². The molecule has 0 saturated carbocycles. The molecule has 4 aromatic rings. The predicted molar refractivity (Wildman–Crippen MR) is 113 cm³/mol. The molecule has 0 radical (unpaired) electrons. The number of hydrogen-bond donors (Lipinski definition) is 1. The molecule has 1 amide bonds. The number of amides is 1. The Bertz CT molecular complexity index is 1320. The van der Waals surface area contributed by atoms with Crippen LogP contribution in [0.15, 0.2) is 70.6 Å². The Labute approximate surface area is 166 Å². The van der Waals surface area contributed by atoms with Gasteiger partial charge < -0.3 is 4.74 Å². The topological polar surface area (TPSA) is 85.6 Å². The van der Waals surface area contributed by atoms with Crippen LogP contribution in [0, 0.1) is 0 Å². The minimum Gasteiger partial charge on any atom is -0.497 e. The number of benzene rings is 3. The largest absolute Gasteiger partial charge is 0.497 e. The molecule has 0 bridgehead atoms. The minimum atomic E-state index is -0.487. The highest BCUT2D eigenvalue weighted by atomic mass is 16.5. The minimum absolute atomic E-state index is 0.144. The molecule has 0 fully saturated rings. The molecule has 144 valence electrons. The highest BCUT2D eigenvalue weighted by molar-refractivity contribution is 6.05. The van der Waals surface area contributed by atoms with Gasteiger partial charge >= 0.3 is 0 Å². The van der Waals surface area contributed by atoms with Crippen molar-refractivity contribution in [1.29, 1.82) is 0 Å². The summed E-state index contributed by atoms with van der Waals surface area (Å²) in [5, 5.41) is 11.1. The number of ether oxygens (including phenoxy) is 1. The quantitative estimate of drug-likeness (QED) is 0.432. The number of nitrogens with zero attached hydrogens (tertiary/aromatic N) is 3. The Balaban J connectivity index is 1.58. The Morgan fingerprint density at radius 1 is 1.07 bits per heavy atom. The molecule has 7 heteroatoms. The summed E-state index contributed by atoms with van der Waals surface area (Å²) >= 11 is 0. The summed E-state index contributed by atoms with van der Waals surface area (Å²) in [6, 6.07) is 18.5. The lowest BCUT2D eigenvalue weighted by molar-refractivity contribution is 0.0950. The Hall–Kier alpha value is -4.00. The number of methoxy groups -OCH3 is 1. The number of hydrogen-bond acceptors (Lipinski definition) is 5. The SMILES string of the molecule is COc1ccc2cc(/C=N\NC(=O)c3nn(C)c(=O)c4ccccc34)ccc2c1. The van der Waals surface area contributed by atoms with Gasteiger partial charge in [0, 0.05) is 12.4 Å². The third-order valence-electron chi connectivity index (χ3n) is 4.62. The van der Waals surface area contributed by atoms with E-state index in [9.17, 15) is 9.59 Å². The van der Waals surface area contributed by atoms with Crippen molar-refractivity contribution >= 4 is 33.7 Å². The monoisotopic (exact) mass is 386 g/mol. The van der Waals surface area contributed by atoms with Crippen molar-refractivity contribution in [2.75, 3.05) is 7.11 Å².